The molecule has 21 heavy (non-hydrogen) atoms. The summed E-state index contributed by atoms with van der Waals surface area (Å²) >= 11 is 0. The lowest BCUT2D eigenvalue weighted by molar-refractivity contribution is -0.147. The minimum Gasteiger partial charge on any atom is -0.479 e. The van der Waals surface area contributed by atoms with Crippen molar-refractivity contribution in [2.75, 3.05) is 26.8 Å². The lowest BCUT2D eigenvalue weighted by Crippen LogP contribution is -2.57. The number of carboxylic acid groups (broad SMARTS) is 1. The van der Waals surface area contributed by atoms with Crippen LogP contribution < -0.4 is 5.32 Å². The Morgan fingerprint density at radius 2 is 2.24 bits per heavy atom. The Kier molecular flexibility index (Phi) is 4.27. The van der Waals surface area contributed by atoms with E-state index in [2.05, 4.69) is 5.32 Å². The summed E-state index contributed by atoms with van der Waals surface area (Å²) in [5, 5.41) is 11.7. The smallest absolute Gasteiger partial charge is 0.331 e. The molecule has 2 amide bonds. The number of aliphatic carboxylic acids is 1. The van der Waals surface area contributed by atoms with Crippen molar-refractivity contribution >= 4 is 17.8 Å². The number of ether oxygens (including phenoxy) is 1. The highest BCUT2D eigenvalue weighted by Crippen LogP contribution is 2.18. The van der Waals surface area contributed by atoms with Gasteiger partial charge in [0.25, 0.3) is 5.91 Å². The van der Waals surface area contributed by atoms with E-state index in [0.29, 0.717) is 0 Å². The van der Waals surface area contributed by atoms with Crippen LogP contribution in [-0.4, -0.2) is 60.1 Å². The van der Waals surface area contributed by atoms with Crippen LogP contribution in [-0.2, 0) is 14.3 Å². The van der Waals surface area contributed by atoms with Gasteiger partial charge in [0, 0.05) is 20.1 Å². The van der Waals surface area contributed by atoms with Gasteiger partial charge in [-0.05, 0) is 12.1 Å². The third-order valence-corrected chi connectivity index (χ3v) is 3.27. The number of carboxylic acids is 1. The molecule has 2 heterocycles. The highest BCUT2D eigenvalue weighted by molar-refractivity contribution is 5.95. The van der Waals surface area contributed by atoms with Gasteiger partial charge in [-0.25, -0.2) is 4.79 Å². The molecule has 0 bridgehead atoms. The molecule has 1 unspecified atom stereocenters. The summed E-state index contributed by atoms with van der Waals surface area (Å²) in [4.78, 5) is 36.3. The Hall–Kier alpha value is -2.35. The van der Waals surface area contributed by atoms with Gasteiger partial charge in [-0.3, -0.25) is 9.59 Å². The van der Waals surface area contributed by atoms with E-state index in [1.165, 1.54) is 19.4 Å². The fourth-order valence-electron chi connectivity index (χ4n) is 2.07. The number of amides is 2. The maximum Gasteiger partial charge on any atom is 0.331 e. The number of carbonyl (C=O) groups excluding carboxylic acids is 2. The fraction of sp³-hybridized carbons (Fsp3) is 0.462. The molecule has 1 saturated heterocycles. The highest BCUT2D eigenvalue weighted by Gasteiger charge is 2.44. The van der Waals surface area contributed by atoms with Gasteiger partial charge in [0.05, 0.1) is 19.4 Å². The summed E-state index contributed by atoms with van der Waals surface area (Å²) in [5.41, 5.74) is -1.41. The molecule has 0 saturated carbocycles. The van der Waals surface area contributed by atoms with E-state index in [1.807, 2.05) is 0 Å². The largest absolute Gasteiger partial charge is 0.479 e. The number of hydrogen-bond acceptors (Lipinski definition) is 5. The third kappa shape index (κ3) is 3.22. The molecule has 1 aromatic rings. The van der Waals surface area contributed by atoms with Crippen LogP contribution >= 0.6 is 0 Å². The summed E-state index contributed by atoms with van der Waals surface area (Å²) in [6, 6.07) is 3.05. The van der Waals surface area contributed by atoms with Crippen LogP contribution in [0, 0.1) is 0 Å². The number of likely N-dealkylation sites (N-methyl/N-ethyl adjacent to an activating group) is 1. The number of nitrogens with zero attached hydrogens (tertiary/aromatic N) is 1. The molecule has 2 N–H and O–H groups in total. The van der Waals surface area contributed by atoms with Crippen molar-refractivity contribution in [3.8, 4) is 0 Å². The van der Waals surface area contributed by atoms with Crippen LogP contribution in [0.25, 0.3) is 0 Å². The quantitative estimate of drug-likeness (QED) is 0.773. The number of furan rings is 1. The number of carbonyl (C=O) groups is 3. The van der Waals surface area contributed by atoms with Gasteiger partial charge in [-0.15, -0.1) is 0 Å². The van der Waals surface area contributed by atoms with Crippen LogP contribution in [0.2, 0.25) is 0 Å². The van der Waals surface area contributed by atoms with Crippen molar-refractivity contribution in [1.82, 2.24) is 10.2 Å². The second-order valence-corrected chi connectivity index (χ2v) is 4.88. The molecule has 1 fully saturated rings. The molecule has 0 spiro atoms. The van der Waals surface area contributed by atoms with Gasteiger partial charge in [-0.2, -0.15) is 0 Å². The predicted molar refractivity (Wildman–Crippen MR) is 69.6 cm³/mol. The average Bonchev–Trinajstić information content (AvgIpc) is 3.08. The molecule has 1 aromatic heterocycles. The molecule has 114 valence electrons. The molecule has 8 heteroatoms. The van der Waals surface area contributed by atoms with Gasteiger partial charge >= 0.3 is 5.97 Å². The molecule has 0 aliphatic carbocycles. The van der Waals surface area contributed by atoms with Crippen molar-refractivity contribution in [3.05, 3.63) is 24.2 Å². The van der Waals surface area contributed by atoms with Gasteiger partial charge < -0.3 is 24.5 Å². The van der Waals surface area contributed by atoms with E-state index in [9.17, 15) is 19.5 Å². The Bertz CT molecular complexity index is 533. The highest BCUT2D eigenvalue weighted by atomic mass is 16.5. The summed E-state index contributed by atoms with van der Waals surface area (Å²) in [6.45, 7) is -0.0772. The Labute approximate surface area is 120 Å². The summed E-state index contributed by atoms with van der Waals surface area (Å²) in [7, 11) is 1.43. The van der Waals surface area contributed by atoms with Crippen LogP contribution in [0.4, 0.5) is 0 Å². The first-order valence-corrected chi connectivity index (χ1v) is 6.36. The van der Waals surface area contributed by atoms with E-state index in [0.717, 1.165) is 4.90 Å². The molecule has 2 rings (SSSR count). The van der Waals surface area contributed by atoms with Crippen molar-refractivity contribution in [2.24, 2.45) is 0 Å². The van der Waals surface area contributed by atoms with E-state index in [4.69, 9.17) is 9.15 Å². The molecule has 0 aromatic carbocycles. The van der Waals surface area contributed by atoms with Gasteiger partial charge in [0.1, 0.15) is 0 Å². The van der Waals surface area contributed by atoms with Crippen LogP contribution in [0.1, 0.15) is 17.0 Å². The number of hydrogen-bond donors (Lipinski definition) is 2. The van der Waals surface area contributed by atoms with Crippen LogP contribution in [0.5, 0.6) is 0 Å². The van der Waals surface area contributed by atoms with Gasteiger partial charge in [-0.1, -0.05) is 0 Å². The fourth-order valence-corrected chi connectivity index (χ4v) is 2.07. The van der Waals surface area contributed by atoms with E-state index in [-0.39, 0.29) is 31.9 Å². The maximum absolute atomic E-state index is 11.9. The zero-order valence-corrected chi connectivity index (χ0v) is 11.5. The lowest BCUT2D eigenvalue weighted by Gasteiger charge is -2.25. The Morgan fingerprint density at radius 3 is 2.76 bits per heavy atom. The Balaban J connectivity index is 1.95. The SMILES string of the molecule is CN(CC(=O)NC1(C(=O)O)CCOC1)C(=O)c1ccco1. The van der Waals surface area contributed by atoms with Crippen molar-refractivity contribution in [1.29, 1.82) is 0 Å². The van der Waals surface area contributed by atoms with Crippen LogP contribution in [0.3, 0.4) is 0 Å². The van der Waals surface area contributed by atoms with Gasteiger partial charge in [0.15, 0.2) is 11.3 Å². The van der Waals surface area contributed by atoms with Crippen LogP contribution in [0.15, 0.2) is 22.8 Å². The average molecular weight is 296 g/mol. The lowest BCUT2D eigenvalue weighted by atomic mass is 9.99. The standard InChI is InChI=1S/C13H16N2O6/c1-15(11(17)9-3-2-5-21-9)7-10(16)14-13(12(18)19)4-6-20-8-13/h2-3,5H,4,6-8H2,1H3,(H,14,16)(H,18,19). The monoisotopic (exact) mass is 296 g/mol. The number of rotatable bonds is 5. The summed E-state index contributed by atoms with van der Waals surface area (Å²) in [5.74, 6) is -2.05. The zero-order valence-electron chi connectivity index (χ0n) is 11.5. The number of nitrogens with one attached hydrogen (secondary N) is 1. The minimum atomic E-state index is -1.41. The second kappa shape index (κ2) is 5.96. The molecule has 1 atom stereocenters. The third-order valence-electron chi connectivity index (χ3n) is 3.27. The van der Waals surface area contributed by atoms with Crippen molar-refractivity contribution < 1.29 is 28.6 Å². The molecular formula is C13H16N2O6. The maximum atomic E-state index is 11.9. The zero-order chi connectivity index (χ0) is 15.5. The Morgan fingerprint density at radius 1 is 1.48 bits per heavy atom. The molecular weight excluding hydrogens is 280 g/mol. The topological polar surface area (TPSA) is 109 Å². The minimum absolute atomic E-state index is 0.0794. The van der Waals surface area contributed by atoms with Crippen molar-refractivity contribution in [3.63, 3.8) is 0 Å². The second-order valence-electron chi connectivity index (χ2n) is 4.88. The summed E-state index contributed by atoms with van der Waals surface area (Å²) < 4.78 is 10.00. The first kappa shape index (κ1) is 15.0. The first-order valence-electron chi connectivity index (χ1n) is 6.36. The molecule has 8 nitrogen and oxygen atoms in total. The molecule has 0 radical (unpaired) electrons. The summed E-state index contributed by atoms with van der Waals surface area (Å²) in [6.07, 6.45) is 1.56. The first-order chi connectivity index (χ1) is 9.94. The van der Waals surface area contributed by atoms with Gasteiger partial charge in [0.2, 0.25) is 5.91 Å². The van der Waals surface area contributed by atoms with E-state index >= 15 is 0 Å². The predicted octanol–water partition coefficient (Wildman–Crippen LogP) is -0.288. The van der Waals surface area contributed by atoms with Crippen molar-refractivity contribution in [2.45, 2.75) is 12.0 Å². The molecule has 1 aliphatic rings. The van der Waals surface area contributed by atoms with E-state index < -0.39 is 23.3 Å². The molecule has 1 aliphatic heterocycles. The van der Waals surface area contributed by atoms with E-state index in [1.54, 1.807) is 6.07 Å². The normalized spacial score (nSPS) is 21.0.